The van der Waals surface area contributed by atoms with Crippen LogP contribution in [-0.4, -0.2) is 0 Å². The normalized spacial score (nSPS) is 12.5. The summed E-state index contributed by atoms with van der Waals surface area (Å²) in [5.74, 6) is -0.183. The van der Waals surface area contributed by atoms with Gasteiger partial charge in [-0.3, -0.25) is 0 Å². The van der Waals surface area contributed by atoms with E-state index >= 15 is 0 Å². The molecule has 0 N–H and O–H groups in total. The molecule has 2 aromatic carbocycles. The van der Waals surface area contributed by atoms with E-state index in [1.54, 1.807) is 12.1 Å². The van der Waals surface area contributed by atoms with Crippen LogP contribution in [0.25, 0.3) is 0 Å². The summed E-state index contributed by atoms with van der Waals surface area (Å²) in [6, 6.07) is 9.03. The lowest BCUT2D eigenvalue weighted by Crippen LogP contribution is -2.05. The third kappa shape index (κ3) is 2.88. The van der Waals surface area contributed by atoms with Gasteiger partial charge < -0.3 is 0 Å². The third-order valence-corrected chi connectivity index (χ3v) is 4.47. The molecule has 0 amide bonds. The van der Waals surface area contributed by atoms with Gasteiger partial charge in [0.2, 0.25) is 0 Å². The molecule has 0 heterocycles. The van der Waals surface area contributed by atoms with E-state index in [1.807, 2.05) is 6.07 Å². The van der Waals surface area contributed by atoms with Crippen molar-refractivity contribution in [2.24, 2.45) is 0 Å². The van der Waals surface area contributed by atoms with Crippen molar-refractivity contribution < 1.29 is 4.39 Å². The second-order valence-electron chi connectivity index (χ2n) is 5.44. The SMILES string of the molecule is Cc1cc(C)c(C)c(C(Cl)Cc2ccccc2F)c1C. The lowest BCUT2D eigenvalue weighted by molar-refractivity contribution is 0.607. The highest BCUT2D eigenvalue weighted by Gasteiger charge is 2.18. The molecule has 0 nitrogen and oxygen atoms in total. The molecule has 106 valence electrons. The van der Waals surface area contributed by atoms with Crippen LogP contribution < -0.4 is 0 Å². The van der Waals surface area contributed by atoms with E-state index in [0.29, 0.717) is 12.0 Å². The molecular weight excluding hydrogens is 271 g/mol. The Kier molecular flexibility index (Phi) is 4.49. The molecule has 0 spiro atoms. The predicted octanol–water partition coefficient (Wildman–Crippen LogP) is 5.58. The minimum Gasteiger partial charge on any atom is -0.207 e. The minimum absolute atomic E-state index is 0.183. The second-order valence-corrected chi connectivity index (χ2v) is 5.96. The first-order valence-electron chi connectivity index (χ1n) is 6.86. The maximum absolute atomic E-state index is 13.8. The van der Waals surface area contributed by atoms with Crippen molar-refractivity contribution in [1.29, 1.82) is 0 Å². The summed E-state index contributed by atoms with van der Waals surface area (Å²) in [7, 11) is 0. The van der Waals surface area contributed by atoms with E-state index in [0.717, 1.165) is 5.56 Å². The summed E-state index contributed by atoms with van der Waals surface area (Å²) in [6.45, 7) is 8.37. The van der Waals surface area contributed by atoms with Crippen LogP contribution in [0.15, 0.2) is 30.3 Å². The lowest BCUT2D eigenvalue weighted by atomic mass is 9.90. The van der Waals surface area contributed by atoms with Crippen LogP contribution in [0.2, 0.25) is 0 Å². The van der Waals surface area contributed by atoms with Gasteiger partial charge in [0.05, 0.1) is 5.38 Å². The van der Waals surface area contributed by atoms with Crippen molar-refractivity contribution in [3.8, 4) is 0 Å². The average molecular weight is 291 g/mol. The van der Waals surface area contributed by atoms with E-state index in [4.69, 9.17) is 11.6 Å². The zero-order valence-corrected chi connectivity index (χ0v) is 13.2. The highest BCUT2D eigenvalue weighted by Crippen LogP contribution is 2.33. The summed E-state index contributed by atoms with van der Waals surface area (Å²) >= 11 is 6.60. The van der Waals surface area contributed by atoms with Gasteiger partial charge in [-0.05, 0) is 73.6 Å². The van der Waals surface area contributed by atoms with Crippen molar-refractivity contribution >= 4 is 11.6 Å². The molecule has 0 aromatic heterocycles. The molecule has 2 heteroatoms. The fraction of sp³-hybridized carbons (Fsp3) is 0.333. The maximum atomic E-state index is 13.8. The Hall–Kier alpha value is -1.34. The van der Waals surface area contributed by atoms with Crippen LogP contribution in [0.5, 0.6) is 0 Å². The van der Waals surface area contributed by atoms with Gasteiger partial charge >= 0.3 is 0 Å². The highest BCUT2D eigenvalue weighted by atomic mass is 35.5. The first-order valence-corrected chi connectivity index (χ1v) is 7.30. The van der Waals surface area contributed by atoms with Gasteiger partial charge in [-0.1, -0.05) is 24.3 Å². The highest BCUT2D eigenvalue weighted by molar-refractivity contribution is 6.21. The van der Waals surface area contributed by atoms with Gasteiger partial charge in [0.1, 0.15) is 5.82 Å². The molecule has 1 atom stereocenters. The molecular formula is C18H20ClF. The van der Waals surface area contributed by atoms with Gasteiger partial charge in [0.15, 0.2) is 0 Å². The van der Waals surface area contributed by atoms with Gasteiger partial charge in [-0.25, -0.2) is 4.39 Å². The fourth-order valence-electron chi connectivity index (χ4n) is 2.68. The van der Waals surface area contributed by atoms with Gasteiger partial charge in [0.25, 0.3) is 0 Å². The molecule has 2 aromatic rings. The Labute approximate surface area is 125 Å². The standard InChI is InChI=1S/C18H20ClF/c1-11-9-12(2)14(4)18(13(11)3)16(19)10-15-7-5-6-8-17(15)20/h5-9,16H,10H2,1-4H3. The predicted molar refractivity (Wildman–Crippen MR) is 84.1 cm³/mol. The van der Waals surface area contributed by atoms with Crippen molar-refractivity contribution in [3.63, 3.8) is 0 Å². The quantitative estimate of drug-likeness (QED) is 0.647. The van der Waals surface area contributed by atoms with Crippen LogP contribution in [0, 0.1) is 33.5 Å². The zero-order chi connectivity index (χ0) is 14.9. The summed E-state index contributed by atoms with van der Waals surface area (Å²) in [5.41, 5.74) is 6.72. The van der Waals surface area contributed by atoms with Crippen LogP contribution >= 0.6 is 11.6 Å². The maximum Gasteiger partial charge on any atom is 0.126 e. The largest absolute Gasteiger partial charge is 0.207 e. The second kappa shape index (κ2) is 5.97. The molecule has 0 aliphatic carbocycles. The average Bonchev–Trinajstić information content (AvgIpc) is 2.39. The van der Waals surface area contributed by atoms with E-state index in [9.17, 15) is 4.39 Å². The number of rotatable bonds is 3. The fourth-order valence-corrected chi connectivity index (χ4v) is 3.17. The first-order chi connectivity index (χ1) is 9.41. The Morgan fingerprint density at radius 1 is 1.00 bits per heavy atom. The monoisotopic (exact) mass is 290 g/mol. The molecule has 0 bridgehead atoms. The molecule has 0 saturated heterocycles. The Morgan fingerprint density at radius 3 is 2.10 bits per heavy atom. The van der Waals surface area contributed by atoms with Crippen LogP contribution in [0.1, 0.15) is 38.8 Å². The molecule has 2 rings (SSSR count). The Bertz CT molecular complexity index is 605. The molecule has 0 fully saturated rings. The van der Waals surface area contributed by atoms with Gasteiger partial charge in [-0.15, -0.1) is 11.6 Å². The molecule has 0 aliphatic heterocycles. The lowest BCUT2D eigenvalue weighted by Gasteiger charge is -2.20. The minimum atomic E-state index is -0.203. The Balaban J connectivity index is 2.40. The van der Waals surface area contributed by atoms with Crippen molar-refractivity contribution in [1.82, 2.24) is 0 Å². The smallest absolute Gasteiger partial charge is 0.126 e. The number of halogens is 2. The van der Waals surface area contributed by atoms with Gasteiger partial charge in [-0.2, -0.15) is 0 Å². The summed E-state index contributed by atoms with van der Waals surface area (Å²) in [6.07, 6.45) is 0.513. The van der Waals surface area contributed by atoms with Crippen LogP contribution in [0.3, 0.4) is 0 Å². The van der Waals surface area contributed by atoms with E-state index in [-0.39, 0.29) is 11.2 Å². The number of benzene rings is 2. The molecule has 0 saturated carbocycles. The first kappa shape index (κ1) is 15.1. The summed E-state index contributed by atoms with van der Waals surface area (Å²) < 4.78 is 13.8. The molecule has 1 unspecified atom stereocenters. The number of aryl methyl sites for hydroxylation is 2. The molecule has 20 heavy (non-hydrogen) atoms. The molecule has 0 aliphatic rings. The van der Waals surface area contributed by atoms with Crippen LogP contribution in [0.4, 0.5) is 4.39 Å². The number of alkyl halides is 1. The van der Waals surface area contributed by atoms with Crippen LogP contribution in [-0.2, 0) is 6.42 Å². The summed E-state index contributed by atoms with van der Waals surface area (Å²) in [4.78, 5) is 0. The zero-order valence-electron chi connectivity index (χ0n) is 12.4. The topological polar surface area (TPSA) is 0 Å². The number of hydrogen-bond acceptors (Lipinski definition) is 0. The van der Waals surface area contributed by atoms with Crippen molar-refractivity contribution in [2.45, 2.75) is 39.5 Å². The van der Waals surface area contributed by atoms with Gasteiger partial charge in [0, 0.05) is 0 Å². The Morgan fingerprint density at radius 2 is 1.55 bits per heavy atom. The van der Waals surface area contributed by atoms with E-state index in [1.165, 1.54) is 28.3 Å². The summed E-state index contributed by atoms with van der Waals surface area (Å²) in [5, 5.41) is -0.203. The molecule has 0 radical (unpaired) electrons. The third-order valence-electron chi connectivity index (χ3n) is 4.09. The van der Waals surface area contributed by atoms with E-state index < -0.39 is 0 Å². The van der Waals surface area contributed by atoms with E-state index in [2.05, 4.69) is 33.8 Å². The van der Waals surface area contributed by atoms with Crippen molar-refractivity contribution in [2.75, 3.05) is 0 Å². The van der Waals surface area contributed by atoms with Crippen molar-refractivity contribution in [3.05, 3.63) is 69.5 Å². The number of hydrogen-bond donors (Lipinski definition) is 0.